The SMILES string of the molecule is CCc1nnc(-c2cccc(NC3=CC(=O)N(CCO)C3=O)c2)o1. The molecule has 1 aromatic carbocycles. The summed E-state index contributed by atoms with van der Waals surface area (Å²) in [4.78, 5) is 24.9. The van der Waals surface area contributed by atoms with Crippen molar-refractivity contribution in [1.82, 2.24) is 15.1 Å². The van der Waals surface area contributed by atoms with Crippen molar-refractivity contribution in [3.05, 3.63) is 41.9 Å². The summed E-state index contributed by atoms with van der Waals surface area (Å²) >= 11 is 0. The average molecular weight is 328 g/mol. The molecule has 1 aromatic heterocycles. The topological polar surface area (TPSA) is 109 Å². The van der Waals surface area contributed by atoms with Gasteiger partial charge in [0.15, 0.2) is 0 Å². The van der Waals surface area contributed by atoms with Gasteiger partial charge in [-0.3, -0.25) is 14.5 Å². The number of hydrogen-bond donors (Lipinski definition) is 2. The number of β-amino-alcohol motifs (C(OH)–C–C–N with tert-alkyl or cyclic N) is 1. The fourth-order valence-corrected chi connectivity index (χ4v) is 2.31. The number of imide groups is 1. The molecule has 0 saturated heterocycles. The summed E-state index contributed by atoms with van der Waals surface area (Å²) in [6.45, 7) is 1.62. The van der Waals surface area contributed by atoms with Crippen LogP contribution in [0.25, 0.3) is 11.5 Å². The molecule has 3 rings (SSSR count). The summed E-state index contributed by atoms with van der Waals surface area (Å²) in [7, 11) is 0. The zero-order valence-electron chi connectivity index (χ0n) is 13.0. The Kier molecular flexibility index (Phi) is 4.39. The molecular formula is C16H16N4O4. The van der Waals surface area contributed by atoms with Crippen LogP contribution >= 0.6 is 0 Å². The molecule has 0 fully saturated rings. The molecule has 2 N–H and O–H groups in total. The minimum Gasteiger partial charge on any atom is -0.421 e. The van der Waals surface area contributed by atoms with E-state index in [0.717, 1.165) is 4.90 Å². The highest BCUT2D eigenvalue weighted by molar-refractivity contribution is 6.17. The lowest BCUT2D eigenvalue weighted by Crippen LogP contribution is -2.34. The number of nitrogens with zero attached hydrogens (tertiary/aromatic N) is 3. The van der Waals surface area contributed by atoms with Gasteiger partial charge in [0.2, 0.25) is 11.8 Å². The maximum absolute atomic E-state index is 12.1. The quantitative estimate of drug-likeness (QED) is 0.760. The molecule has 2 heterocycles. The number of amides is 2. The first-order chi connectivity index (χ1) is 11.6. The molecule has 0 radical (unpaired) electrons. The maximum atomic E-state index is 12.1. The highest BCUT2D eigenvalue weighted by Crippen LogP contribution is 2.23. The van der Waals surface area contributed by atoms with E-state index in [1.54, 1.807) is 18.2 Å². The Hall–Kier alpha value is -3.00. The molecule has 0 saturated carbocycles. The summed E-state index contributed by atoms with van der Waals surface area (Å²) in [6, 6.07) is 7.10. The van der Waals surface area contributed by atoms with E-state index in [1.807, 2.05) is 13.0 Å². The molecule has 24 heavy (non-hydrogen) atoms. The third-order valence-electron chi connectivity index (χ3n) is 3.49. The third-order valence-corrected chi connectivity index (χ3v) is 3.49. The van der Waals surface area contributed by atoms with Crippen molar-refractivity contribution in [2.45, 2.75) is 13.3 Å². The number of aliphatic hydroxyl groups excluding tert-OH is 1. The van der Waals surface area contributed by atoms with Crippen LogP contribution < -0.4 is 5.32 Å². The van der Waals surface area contributed by atoms with Gasteiger partial charge in [0.1, 0.15) is 5.70 Å². The van der Waals surface area contributed by atoms with Crippen molar-refractivity contribution >= 4 is 17.5 Å². The summed E-state index contributed by atoms with van der Waals surface area (Å²) in [6.07, 6.45) is 1.86. The molecule has 0 atom stereocenters. The third kappa shape index (κ3) is 3.04. The Morgan fingerprint density at radius 1 is 1.29 bits per heavy atom. The van der Waals surface area contributed by atoms with Crippen LogP contribution in [0.5, 0.6) is 0 Å². The molecule has 0 spiro atoms. The van der Waals surface area contributed by atoms with Gasteiger partial charge >= 0.3 is 0 Å². The number of aryl methyl sites for hydroxylation is 1. The zero-order chi connectivity index (χ0) is 17.1. The molecule has 0 aliphatic carbocycles. The summed E-state index contributed by atoms with van der Waals surface area (Å²) in [5.41, 5.74) is 1.48. The Balaban J connectivity index is 1.79. The number of carbonyl (C=O) groups excluding carboxylic acids is 2. The smallest absolute Gasteiger partial charge is 0.277 e. The highest BCUT2D eigenvalue weighted by Gasteiger charge is 2.30. The highest BCUT2D eigenvalue weighted by atomic mass is 16.4. The van der Waals surface area contributed by atoms with E-state index >= 15 is 0 Å². The molecular weight excluding hydrogens is 312 g/mol. The van der Waals surface area contributed by atoms with E-state index in [1.165, 1.54) is 6.08 Å². The van der Waals surface area contributed by atoms with E-state index in [9.17, 15) is 9.59 Å². The summed E-state index contributed by atoms with van der Waals surface area (Å²) in [5, 5.41) is 19.7. The molecule has 8 nitrogen and oxygen atoms in total. The first-order valence-corrected chi connectivity index (χ1v) is 7.50. The van der Waals surface area contributed by atoms with Gasteiger partial charge in [-0.1, -0.05) is 13.0 Å². The van der Waals surface area contributed by atoms with Crippen LogP contribution in [0.2, 0.25) is 0 Å². The van der Waals surface area contributed by atoms with Crippen LogP contribution in [-0.2, 0) is 16.0 Å². The van der Waals surface area contributed by atoms with E-state index in [-0.39, 0.29) is 18.8 Å². The predicted octanol–water partition coefficient (Wildman–Crippen LogP) is 0.956. The Bertz CT molecular complexity index is 812. The first-order valence-electron chi connectivity index (χ1n) is 7.50. The number of aromatic nitrogens is 2. The van der Waals surface area contributed by atoms with Crippen molar-refractivity contribution < 1.29 is 19.1 Å². The Morgan fingerprint density at radius 3 is 2.83 bits per heavy atom. The fraction of sp³-hybridized carbons (Fsp3) is 0.250. The average Bonchev–Trinajstić information content (AvgIpc) is 3.16. The van der Waals surface area contributed by atoms with Crippen molar-refractivity contribution in [2.75, 3.05) is 18.5 Å². The van der Waals surface area contributed by atoms with Gasteiger partial charge in [-0.05, 0) is 18.2 Å². The van der Waals surface area contributed by atoms with Gasteiger partial charge in [-0.25, -0.2) is 0 Å². The minimum absolute atomic E-state index is 0.0266. The Morgan fingerprint density at radius 2 is 2.12 bits per heavy atom. The van der Waals surface area contributed by atoms with E-state index in [2.05, 4.69) is 15.5 Å². The number of nitrogens with one attached hydrogen (secondary N) is 1. The van der Waals surface area contributed by atoms with Gasteiger partial charge in [0.05, 0.1) is 13.2 Å². The molecule has 2 amide bonds. The molecule has 0 unspecified atom stereocenters. The van der Waals surface area contributed by atoms with Gasteiger partial charge in [-0.15, -0.1) is 10.2 Å². The normalized spacial score (nSPS) is 14.2. The van der Waals surface area contributed by atoms with Gasteiger partial charge < -0.3 is 14.8 Å². The number of benzene rings is 1. The van der Waals surface area contributed by atoms with Crippen LogP contribution in [0.4, 0.5) is 5.69 Å². The fourth-order valence-electron chi connectivity index (χ4n) is 2.31. The van der Waals surface area contributed by atoms with Crippen LogP contribution in [0.1, 0.15) is 12.8 Å². The van der Waals surface area contributed by atoms with Crippen LogP contribution in [-0.4, -0.2) is 45.2 Å². The van der Waals surface area contributed by atoms with Crippen molar-refractivity contribution in [1.29, 1.82) is 0 Å². The number of anilines is 1. The maximum Gasteiger partial charge on any atom is 0.277 e. The summed E-state index contributed by atoms with van der Waals surface area (Å²) < 4.78 is 5.51. The van der Waals surface area contributed by atoms with Gasteiger partial charge in [0.25, 0.3) is 11.8 Å². The minimum atomic E-state index is -0.467. The number of hydrogen-bond acceptors (Lipinski definition) is 7. The lowest BCUT2D eigenvalue weighted by Gasteiger charge is -2.13. The van der Waals surface area contributed by atoms with Crippen molar-refractivity contribution in [3.63, 3.8) is 0 Å². The second kappa shape index (κ2) is 6.63. The molecule has 124 valence electrons. The predicted molar refractivity (Wildman–Crippen MR) is 84.6 cm³/mol. The number of aliphatic hydroxyl groups is 1. The van der Waals surface area contributed by atoms with E-state index < -0.39 is 11.8 Å². The van der Waals surface area contributed by atoms with Crippen LogP contribution in [0.3, 0.4) is 0 Å². The lowest BCUT2D eigenvalue weighted by molar-refractivity contribution is -0.137. The molecule has 0 bridgehead atoms. The van der Waals surface area contributed by atoms with E-state index in [0.29, 0.717) is 29.5 Å². The summed E-state index contributed by atoms with van der Waals surface area (Å²) in [5.74, 6) is 0.0187. The van der Waals surface area contributed by atoms with Crippen molar-refractivity contribution in [3.8, 4) is 11.5 Å². The number of rotatable bonds is 6. The molecule has 8 heteroatoms. The molecule has 1 aliphatic heterocycles. The van der Waals surface area contributed by atoms with Crippen LogP contribution in [0, 0.1) is 0 Å². The second-order valence-corrected chi connectivity index (χ2v) is 5.14. The largest absolute Gasteiger partial charge is 0.421 e. The lowest BCUT2D eigenvalue weighted by atomic mass is 10.2. The standard InChI is InChI=1S/C16H16N4O4/c1-2-13-18-19-15(24-13)10-4-3-5-11(8-10)17-12-9-14(22)20(6-7-21)16(12)23/h3-5,8-9,17,21H,2,6-7H2,1H3. The second-order valence-electron chi connectivity index (χ2n) is 5.14. The molecule has 1 aliphatic rings. The first kappa shape index (κ1) is 15.9. The van der Waals surface area contributed by atoms with Gasteiger partial charge in [0, 0.05) is 23.7 Å². The van der Waals surface area contributed by atoms with Gasteiger partial charge in [-0.2, -0.15) is 0 Å². The zero-order valence-corrected chi connectivity index (χ0v) is 13.0. The van der Waals surface area contributed by atoms with Crippen LogP contribution in [0.15, 0.2) is 40.5 Å². The number of carbonyl (C=O) groups is 2. The van der Waals surface area contributed by atoms with Crippen molar-refractivity contribution in [2.24, 2.45) is 0 Å². The monoisotopic (exact) mass is 328 g/mol. The van der Waals surface area contributed by atoms with E-state index in [4.69, 9.17) is 9.52 Å². The molecule has 2 aromatic rings. The Labute approximate surface area is 137 Å².